The summed E-state index contributed by atoms with van der Waals surface area (Å²) in [6, 6.07) is 7.64. The van der Waals surface area contributed by atoms with Crippen molar-refractivity contribution in [3.63, 3.8) is 0 Å². The molecule has 0 bridgehead atoms. The fourth-order valence-corrected chi connectivity index (χ4v) is 2.01. The Hall–Kier alpha value is -2.43. The summed E-state index contributed by atoms with van der Waals surface area (Å²) in [6.07, 6.45) is 1.56. The maximum atomic E-state index is 12.3. The number of fused-ring (bicyclic) bond motifs is 2. The van der Waals surface area contributed by atoms with Crippen molar-refractivity contribution in [1.29, 1.82) is 0 Å². The van der Waals surface area contributed by atoms with Crippen LogP contribution in [0.2, 0.25) is 0 Å². The van der Waals surface area contributed by atoms with Gasteiger partial charge in [0.15, 0.2) is 0 Å². The van der Waals surface area contributed by atoms with Crippen LogP contribution in [0.5, 0.6) is 0 Å². The van der Waals surface area contributed by atoms with Gasteiger partial charge < -0.3 is 10.2 Å². The number of hydrogen-bond acceptors (Lipinski definition) is 4. The summed E-state index contributed by atoms with van der Waals surface area (Å²) < 4.78 is 0. The quantitative estimate of drug-likeness (QED) is 0.766. The summed E-state index contributed by atoms with van der Waals surface area (Å²) in [5.41, 5.74) is 2.18. The van der Waals surface area contributed by atoms with Gasteiger partial charge in [0, 0.05) is 13.2 Å². The highest BCUT2D eigenvalue weighted by molar-refractivity contribution is 6.12. The number of para-hydroxylation sites is 2. The average molecular weight is 240 g/mol. The Balaban J connectivity index is 2.24. The molecule has 1 aromatic carbocycles. The number of amides is 1. The molecule has 5 heteroatoms. The second-order valence-electron chi connectivity index (χ2n) is 4.19. The first-order chi connectivity index (χ1) is 8.66. The van der Waals surface area contributed by atoms with E-state index in [4.69, 9.17) is 0 Å². The fraction of sp³-hybridized carbons (Fsp3) is 0.154. The van der Waals surface area contributed by atoms with Crippen molar-refractivity contribution in [2.75, 3.05) is 17.3 Å². The smallest absolute Gasteiger partial charge is 0.263 e. The topological polar surface area (TPSA) is 58.1 Å². The van der Waals surface area contributed by atoms with Crippen molar-refractivity contribution in [2.45, 2.75) is 6.92 Å². The molecule has 1 aromatic heterocycles. The van der Waals surface area contributed by atoms with E-state index in [2.05, 4.69) is 15.3 Å². The number of aromatic nitrogens is 2. The highest BCUT2D eigenvalue weighted by atomic mass is 16.2. The van der Waals surface area contributed by atoms with Crippen LogP contribution in [0, 0.1) is 6.92 Å². The minimum atomic E-state index is -0.109. The second-order valence-corrected chi connectivity index (χ2v) is 4.19. The zero-order chi connectivity index (χ0) is 12.7. The van der Waals surface area contributed by atoms with E-state index in [0.29, 0.717) is 17.2 Å². The maximum Gasteiger partial charge on any atom is 0.263 e. The number of rotatable bonds is 0. The van der Waals surface area contributed by atoms with Gasteiger partial charge in [0.2, 0.25) is 0 Å². The van der Waals surface area contributed by atoms with Gasteiger partial charge in [-0.15, -0.1) is 0 Å². The molecule has 1 aliphatic rings. The van der Waals surface area contributed by atoms with Gasteiger partial charge in [0.05, 0.1) is 11.4 Å². The zero-order valence-corrected chi connectivity index (χ0v) is 10.1. The number of carbonyl (C=O) groups is 1. The van der Waals surface area contributed by atoms with Crippen LogP contribution in [0.15, 0.2) is 30.5 Å². The summed E-state index contributed by atoms with van der Waals surface area (Å²) in [5.74, 6) is 1.09. The first-order valence-corrected chi connectivity index (χ1v) is 5.64. The molecule has 2 heterocycles. The normalized spacial score (nSPS) is 13.4. The van der Waals surface area contributed by atoms with Crippen LogP contribution in [-0.4, -0.2) is 22.9 Å². The van der Waals surface area contributed by atoms with Crippen molar-refractivity contribution in [1.82, 2.24) is 9.97 Å². The molecule has 0 radical (unpaired) electrons. The van der Waals surface area contributed by atoms with E-state index in [-0.39, 0.29) is 5.91 Å². The molecule has 0 unspecified atom stereocenters. The number of aryl methyl sites for hydroxylation is 1. The van der Waals surface area contributed by atoms with E-state index >= 15 is 0 Å². The summed E-state index contributed by atoms with van der Waals surface area (Å²) in [4.78, 5) is 22.3. The lowest BCUT2D eigenvalue weighted by Crippen LogP contribution is -2.25. The zero-order valence-electron chi connectivity index (χ0n) is 10.1. The van der Waals surface area contributed by atoms with Crippen LogP contribution < -0.4 is 10.2 Å². The third-order valence-corrected chi connectivity index (χ3v) is 2.96. The Morgan fingerprint density at radius 3 is 2.89 bits per heavy atom. The Kier molecular flexibility index (Phi) is 2.26. The molecule has 0 spiro atoms. The lowest BCUT2D eigenvalue weighted by atomic mass is 10.2. The predicted molar refractivity (Wildman–Crippen MR) is 69.2 cm³/mol. The van der Waals surface area contributed by atoms with Gasteiger partial charge in [-0.05, 0) is 19.1 Å². The standard InChI is InChI=1S/C13H12N4O/c1-8-14-7-9-12(15-8)16-10-5-3-4-6-11(10)17(2)13(9)18/h3-7H,1-2H3,(H,14,15,16). The van der Waals surface area contributed by atoms with Crippen molar-refractivity contribution in [2.24, 2.45) is 0 Å². The molecule has 3 rings (SSSR count). The summed E-state index contributed by atoms with van der Waals surface area (Å²) in [7, 11) is 1.75. The number of nitrogens with one attached hydrogen (secondary N) is 1. The summed E-state index contributed by atoms with van der Waals surface area (Å²) in [5, 5.41) is 3.19. The van der Waals surface area contributed by atoms with Gasteiger partial charge in [0.1, 0.15) is 17.2 Å². The number of carbonyl (C=O) groups excluding carboxylic acids is 1. The monoisotopic (exact) mass is 240 g/mol. The minimum absolute atomic E-state index is 0.109. The van der Waals surface area contributed by atoms with Gasteiger partial charge in [-0.1, -0.05) is 12.1 Å². The molecule has 18 heavy (non-hydrogen) atoms. The van der Waals surface area contributed by atoms with Crippen molar-refractivity contribution in [3.05, 3.63) is 41.9 Å². The van der Waals surface area contributed by atoms with E-state index in [9.17, 15) is 4.79 Å². The SMILES string of the molecule is Cc1ncc2c(n1)Nc1ccccc1N(C)C2=O. The van der Waals surface area contributed by atoms with Crippen LogP contribution in [0.4, 0.5) is 17.2 Å². The molecular formula is C13H12N4O. The molecule has 0 aliphatic carbocycles. The lowest BCUT2D eigenvalue weighted by Gasteiger charge is -2.16. The number of benzene rings is 1. The van der Waals surface area contributed by atoms with E-state index in [1.54, 1.807) is 25.1 Å². The van der Waals surface area contributed by atoms with E-state index in [1.165, 1.54) is 0 Å². The molecule has 0 saturated carbocycles. The Morgan fingerprint density at radius 2 is 2.06 bits per heavy atom. The molecule has 1 N–H and O–H groups in total. The van der Waals surface area contributed by atoms with E-state index < -0.39 is 0 Å². The van der Waals surface area contributed by atoms with Gasteiger partial charge in [-0.2, -0.15) is 0 Å². The molecule has 1 amide bonds. The summed E-state index contributed by atoms with van der Waals surface area (Å²) in [6.45, 7) is 1.80. The molecule has 0 atom stereocenters. The Bertz CT molecular complexity index is 639. The van der Waals surface area contributed by atoms with Crippen LogP contribution in [0.25, 0.3) is 0 Å². The maximum absolute atomic E-state index is 12.3. The molecular weight excluding hydrogens is 228 g/mol. The lowest BCUT2D eigenvalue weighted by molar-refractivity contribution is 0.0994. The van der Waals surface area contributed by atoms with Crippen molar-refractivity contribution < 1.29 is 4.79 Å². The Labute approximate surface area is 104 Å². The van der Waals surface area contributed by atoms with E-state index in [0.717, 1.165) is 11.4 Å². The highest BCUT2D eigenvalue weighted by Crippen LogP contribution is 2.33. The molecule has 5 nitrogen and oxygen atoms in total. The van der Waals surface area contributed by atoms with Crippen LogP contribution in [-0.2, 0) is 0 Å². The fourth-order valence-electron chi connectivity index (χ4n) is 2.01. The highest BCUT2D eigenvalue weighted by Gasteiger charge is 2.24. The van der Waals surface area contributed by atoms with Crippen LogP contribution in [0.1, 0.15) is 16.2 Å². The van der Waals surface area contributed by atoms with E-state index in [1.807, 2.05) is 24.3 Å². The van der Waals surface area contributed by atoms with Gasteiger partial charge in [-0.3, -0.25) is 4.79 Å². The molecule has 1 aliphatic heterocycles. The third-order valence-electron chi connectivity index (χ3n) is 2.96. The molecule has 0 saturated heterocycles. The number of nitrogens with zero attached hydrogens (tertiary/aromatic N) is 3. The predicted octanol–water partition coefficient (Wildman–Crippen LogP) is 2.12. The van der Waals surface area contributed by atoms with Crippen LogP contribution >= 0.6 is 0 Å². The summed E-state index contributed by atoms with van der Waals surface area (Å²) >= 11 is 0. The third kappa shape index (κ3) is 1.52. The number of hydrogen-bond donors (Lipinski definition) is 1. The van der Waals surface area contributed by atoms with Gasteiger partial charge >= 0.3 is 0 Å². The number of anilines is 3. The largest absolute Gasteiger partial charge is 0.338 e. The first kappa shape index (κ1) is 10.7. The second kappa shape index (κ2) is 3.80. The molecule has 2 aromatic rings. The Morgan fingerprint density at radius 1 is 1.28 bits per heavy atom. The van der Waals surface area contributed by atoms with Crippen LogP contribution in [0.3, 0.4) is 0 Å². The van der Waals surface area contributed by atoms with Gasteiger partial charge in [-0.25, -0.2) is 9.97 Å². The molecule has 90 valence electrons. The average Bonchev–Trinajstić information content (AvgIpc) is 2.47. The van der Waals surface area contributed by atoms with Crippen molar-refractivity contribution >= 4 is 23.1 Å². The van der Waals surface area contributed by atoms with Crippen molar-refractivity contribution in [3.8, 4) is 0 Å². The minimum Gasteiger partial charge on any atom is -0.338 e. The first-order valence-electron chi connectivity index (χ1n) is 5.64. The van der Waals surface area contributed by atoms with Gasteiger partial charge in [0.25, 0.3) is 5.91 Å². The molecule has 0 fully saturated rings.